The number of carbonyl (C=O) groups is 1. The van der Waals surface area contributed by atoms with Gasteiger partial charge in [0.1, 0.15) is 11.6 Å². The van der Waals surface area contributed by atoms with Crippen molar-refractivity contribution >= 4 is 27.5 Å². The van der Waals surface area contributed by atoms with E-state index in [0.717, 1.165) is 16.6 Å². The third-order valence-corrected chi connectivity index (χ3v) is 3.13. The lowest BCUT2D eigenvalue weighted by Gasteiger charge is -2.08. The van der Waals surface area contributed by atoms with Crippen LogP contribution in [0.1, 0.15) is 15.9 Å². The molecule has 1 amide bonds. The Labute approximate surface area is 117 Å². The molecule has 0 heterocycles. The molecule has 2 aromatic carbocycles. The SMILES string of the molecule is Cc1cc(F)c(NC(=O)c2ccc(Br)cc2)cc1F. The molecule has 0 aliphatic carbocycles. The zero-order valence-corrected chi connectivity index (χ0v) is 11.6. The van der Waals surface area contributed by atoms with Crippen LogP contribution in [0, 0.1) is 18.6 Å². The second-order valence-corrected chi connectivity index (χ2v) is 4.96. The minimum atomic E-state index is -0.663. The van der Waals surface area contributed by atoms with Crippen molar-refractivity contribution in [3.05, 3.63) is 63.6 Å². The van der Waals surface area contributed by atoms with E-state index < -0.39 is 17.5 Å². The maximum atomic E-state index is 13.6. The van der Waals surface area contributed by atoms with Crippen LogP contribution in [-0.2, 0) is 0 Å². The van der Waals surface area contributed by atoms with Gasteiger partial charge < -0.3 is 5.32 Å². The number of rotatable bonds is 2. The Morgan fingerprint density at radius 3 is 2.37 bits per heavy atom. The first kappa shape index (κ1) is 13.7. The highest BCUT2D eigenvalue weighted by Gasteiger charge is 2.11. The van der Waals surface area contributed by atoms with Crippen molar-refractivity contribution in [1.29, 1.82) is 0 Å². The number of aryl methyl sites for hydroxylation is 1. The molecule has 0 aromatic heterocycles. The summed E-state index contributed by atoms with van der Waals surface area (Å²) >= 11 is 3.25. The van der Waals surface area contributed by atoms with Gasteiger partial charge in [-0.25, -0.2) is 8.78 Å². The van der Waals surface area contributed by atoms with Crippen LogP contribution < -0.4 is 5.32 Å². The molecule has 0 bridgehead atoms. The highest BCUT2D eigenvalue weighted by Crippen LogP contribution is 2.20. The topological polar surface area (TPSA) is 29.1 Å². The second kappa shape index (κ2) is 5.48. The average Bonchev–Trinajstić information content (AvgIpc) is 2.36. The Balaban J connectivity index is 2.24. The van der Waals surface area contributed by atoms with Crippen LogP contribution in [0.5, 0.6) is 0 Å². The molecule has 0 unspecified atom stereocenters. The van der Waals surface area contributed by atoms with Crippen LogP contribution in [0.25, 0.3) is 0 Å². The maximum Gasteiger partial charge on any atom is 0.255 e. The highest BCUT2D eigenvalue weighted by molar-refractivity contribution is 9.10. The van der Waals surface area contributed by atoms with Gasteiger partial charge in [-0.1, -0.05) is 15.9 Å². The molecule has 1 N–H and O–H groups in total. The third kappa shape index (κ3) is 3.17. The molecule has 2 rings (SSSR count). The van der Waals surface area contributed by atoms with Gasteiger partial charge in [-0.05, 0) is 42.8 Å². The summed E-state index contributed by atoms with van der Waals surface area (Å²) in [5.74, 6) is -1.72. The first-order valence-electron chi connectivity index (χ1n) is 5.50. The van der Waals surface area contributed by atoms with Gasteiger partial charge >= 0.3 is 0 Å². The summed E-state index contributed by atoms with van der Waals surface area (Å²) in [5, 5.41) is 2.34. The van der Waals surface area contributed by atoms with E-state index in [2.05, 4.69) is 21.2 Å². The first-order valence-corrected chi connectivity index (χ1v) is 6.29. The van der Waals surface area contributed by atoms with E-state index in [1.54, 1.807) is 24.3 Å². The van der Waals surface area contributed by atoms with Crippen molar-refractivity contribution in [3.8, 4) is 0 Å². The van der Waals surface area contributed by atoms with Crippen molar-refractivity contribution in [2.75, 3.05) is 5.32 Å². The molecule has 5 heteroatoms. The number of halogens is 3. The van der Waals surface area contributed by atoms with Crippen LogP contribution in [0.15, 0.2) is 40.9 Å². The summed E-state index contributed by atoms with van der Waals surface area (Å²) in [5.41, 5.74) is 0.388. The van der Waals surface area contributed by atoms with Crippen LogP contribution in [-0.4, -0.2) is 5.91 Å². The van der Waals surface area contributed by atoms with Crippen molar-refractivity contribution in [3.63, 3.8) is 0 Å². The Bertz CT molecular complexity index is 626. The van der Waals surface area contributed by atoms with Gasteiger partial charge in [0.2, 0.25) is 0 Å². The summed E-state index contributed by atoms with van der Waals surface area (Å²) in [6.07, 6.45) is 0. The molecular formula is C14H10BrF2NO. The number of nitrogens with one attached hydrogen (secondary N) is 1. The fourth-order valence-electron chi connectivity index (χ4n) is 1.54. The van der Waals surface area contributed by atoms with Gasteiger partial charge in [0, 0.05) is 16.1 Å². The van der Waals surface area contributed by atoms with E-state index in [-0.39, 0.29) is 11.3 Å². The fourth-order valence-corrected chi connectivity index (χ4v) is 1.80. The molecule has 0 atom stereocenters. The number of amides is 1. The molecule has 2 aromatic rings. The summed E-state index contributed by atoms with van der Waals surface area (Å²) in [4.78, 5) is 11.9. The maximum absolute atomic E-state index is 13.6. The number of carbonyl (C=O) groups excluding carboxylic acids is 1. The van der Waals surface area contributed by atoms with Crippen molar-refractivity contribution < 1.29 is 13.6 Å². The molecule has 2 nitrogen and oxygen atoms in total. The van der Waals surface area contributed by atoms with E-state index in [9.17, 15) is 13.6 Å². The first-order chi connectivity index (χ1) is 8.97. The Morgan fingerprint density at radius 1 is 1.11 bits per heavy atom. The number of hydrogen-bond acceptors (Lipinski definition) is 1. The van der Waals surface area contributed by atoms with Gasteiger partial charge in [0.05, 0.1) is 5.69 Å². The van der Waals surface area contributed by atoms with Crippen LogP contribution >= 0.6 is 15.9 Å². The Morgan fingerprint density at radius 2 is 1.74 bits per heavy atom. The van der Waals surface area contributed by atoms with Gasteiger partial charge in [0.15, 0.2) is 0 Å². The smallest absolute Gasteiger partial charge is 0.255 e. The summed E-state index contributed by atoms with van der Waals surface area (Å²) < 4.78 is 27.8. The van der Waals surface area contributed by atoms with Crippen LogP contribution in [0.4, 0.5) is 14.5 Å². The predicted octanol–water partition coefficient (Wildman–Crippen LogP) is 4.29. The Hall–Kier alpha value is -1.75. The fraction of sp³-hybridized carbons (Fsp3) is 0.0714. The average molecular weight is 326 g/mol. The van der Waals surface area contributed by atoms with Crippen molar-refractivity contribution in [2.24, 2.45) is 0 Å². The third-order valence-electron chi connectivity index (χ3n) is 2.60. The largest absolute Gasteiger partial charge is 0.319 e. The van der Waals surface area contributed by atoms with Gasteiger partial charge in [0.25, 0.3) is 5.91 Å². The molecule has 98 valence electrons. The van der Waals surface area contributed by atoms with Crippen LogP contribution in [0.3, 0.4) is 0 Å². The minimum absolute atomic E-state index is 0.170. The van der Waals surface area contributed by atoms with E-state index in [1.165, 1.54) is 6.92 Å². The van der Waals surface area contributed by atoms with Crippen molar-refractivity contribution in [1.82, 2.24) is 0 Å². The quantitative estimate of drug-likeness (QED) is 0.876. The lowest BCUT2D eigenvalue weighted by molar-refractivity contribution is 0.102. The molecular weight excluding hydrogens is 316 g/mol. The summed E-state index contributed by atoms with van der Waals surface area (Å²) in [6.45, 7) is 1.46. The molecule has 0 saturated carbocycles. The molecule has 19 heavy (non-hydrogen) atoms. The van der Waals surface area contributed by atoms with E-state index in [1.807, 2.05) is 0 Å². The van der Waals surface area contributed by atoms with E-state index in [0.29, 0.717) is 5.56 Å². The minimum Gasteiger partial charge on any atom is -0.319 e. The standard InChI is InChI=1S/C14H10BrF2NO/c1-8-6-12(17)13(7-11(8)16)18-14(19)9-2-4-10(15)5-3-9/h2-7H,1H3,(H,18,19). The summed E-state index contributed by atoms with van der Waals surface area (Å²) in [6, 6.07) is 8.58. The molecule has 0 spiro atoms. The van der Waals surface area contributed by atoms with Crippen LogP contribution in [0.2, 0.25) is 0 Å². The van der Waals surface area contributed by atoms with E-state index in [4.69, 9.17) is 0 Å². The molecule has 0 fully saturated rings. The van der Waals surface area contributed by atoms with Crippen molar-refractivity contribution in [2.45, 2.75) is 6.92 Å². The second-order valence-electron chi connectivity index (χ2n) is 4.04. The zero-order valence-electron chi connectivity index (χ0n) is 10.0. The lowest BCUT2D eigenvalue weighted by atomic mass is 10.2. The highest BCUT2D eigenvalue weighted by atomic mass is 79.9. The van der Waals surface area contributed by atoms with E-state index >= 15 is 0 Å². The monoisotopic (exact) mass is 325 g/mol. The normalized spacial score (nSPS) is 10.3. The molecule has 0 radical (unpaired) electrons. The molecule has 0 saturated heterocycles. The molecule has 0 aliphatic rings. The molecule has 0 aliphatic heterocycles. The summed E-state index contributed by atoms with van der Waals surface area (Å²) in [7, 11) is 0. The van der Waals surface area contributed by atoms with Gasteiger partial charge in [-0.15, -0.1) is 0 Å². The Kier molecular flexibility index (Phi) is 3.95. The number of anilines is 1. The predicted molar refractivity (Wildman–Crippen MR) is 73.2 cm³/mol. The van der Waals surface area contributed by atoms with Gasteiger partial charge in [-0.2, -0.15) is 0 Å². The zero-order chi connectivity index (χ0) is 14.0. The number of hydrogen-bond donors (Lipinski definition) is 1. The lowest BCUT2D eigenvalue weighted by Crippen LogP contribution is -2.13. The number of benzene rings is 2. The van der Waals surface area contributed by atoms with Gasteiger partial charge in [-0.3, -0.25) is 4.79 Å².